The van der Waals surface area contributed by atoms with Gasteiger partial charge >= 0.3 is 5.97 Å². The number of aliphatic carboxylic acids is 1. The molecule has 0 aliphatic carbocycles. The van der Waals surface area contributed by atoms with Crippen LogP contribution >= 0.6 is 0 Å². The third-order valence-electron chi connectivity index (χ3n) is 2.96. The van der Waals surface area contributed by atoms with Gasteiger partial charge in [-0.3, -0.25) is 19.6 Å². The number of aromatic nitrogens is 2. The minimum atomic E-state index is -1.04. The predicted octanol–water partition coefficient (Wildman–Crippen LogP) is 1.57. The Balaban J connectivity index is 2.46. The zero-order valence-corrected chi connectivity index (χ0v) is 11.3. The van der Waals surface area contributed by atoms with Crippen LogP contribution in [0, 0.1) is 0 Å². The molecule has 0 saturated heterocycles. The van der Waals surface area contributed by atoms with Crippen molar-refractivity contribution in [3.63, 3.8) is 0 Å². The van der Waals surface area contributed by atoms with E-state index >= 15 is 0 Å². The van der Waals surface area contributed by atoms with Crippen molar-refractivity contribution in [1.29, 1.82) is 0 Å². The van der Waals surface area contributed by atoms with Crippen LogP contribution in [0.25, 0.3) is 10.9 Å². The molecule has 104 valence electrons. The minimum absolute atomic E-state index is 0.210. The molecule has 0 radical (unpaired) electrons. The van der Waals surface area contributed by atoms with Gasteiger partial charge in [0.05, 0.1) is 11.1 Å². The Morgan fingerprint density at radius 3 is 2.70 bits per heavy atom. The van der Waals surface area contributed by atoms with Gasteiger partial charge in [0.1, 0.15) is 6.54 Å². The van der Waals surface area contributed by atoms with Crippen molar-refractivity contribution in [3.05, 3.63) is 36.3 Å². The number of hydrogen-bond acceptors (Lipinski definition) is 4. The normalized spacial score (nSPS) is 10.8. The highest BCUT2D eigenvalue weighted by molar-refractivity contribution is 6.06. The molecule has 0 saturated carbocycles. The molecule has 0 aliphatic rings. The van der Waals surface area contributed by atoms with E-state index in [1.54, 1.807) is 38.4 Å². The lowest BCUT2D eigenvalue weighted by Crippen LogP contribution is -2.40. The molecule has 0 spiro atoms. The molecule has 2 rings (SSSR count). The summed E-state index contributed by atoms with van der Waals surface area (Å²) in [6, 6.07) is 3.09. The van der Waals surface area contributed by atoms with Gasteiger partial charge in [-0.25, -0.2) is 0 Å². The smallest absolute Gasteiger partial charge is 0.323 e. The molecule has 2 aromatic heterocycles. The second-order valence-electron chi connectivity index (χ2n) is 4.67. The van der Waals surface area contributed by atoms with E-state index in [0.717, 1.165) is 0 Å². The summed E-state index contributed by atoms with van der Waals surface area (Å²) in [4.78, 5) is 32.9. The number of carbonyl (C=O) groups excluding carboxylic acids is 1. The number of fused-ring (bicyclic) bond motifs is 1. The SMILES string of the molecule is CC(C)N(CC(=O)O)C(=O)c1ccnc2ccncc12. The van der Waals surface area contributed by atoms with E-state index in [0.29, 0.717) is 16.5 Å². The van der Waals surface area contributed by atoms with Gasteiger partial charge < -0.3 is 10.0 Å². The van der Waals surface area contributed by atoms with Crippen LogP contribution in [0.3, 0.4) is 0 Å². The maximum Gasteiger partial charge on any atom is 0.323 e. The van der Waals surface area contributed by atoms with E-state index in [-0.39, 0.29) is 18.5 Å². The highest BCUT2D eigenvalue weighted by Crippen LogP contribution is 2.18. The standard InChI is InChI=1S/C14H15N3O3/c1-9(2)17(8-13(18)19)14(20)10-3-6-16-12-4-5-15-7-11(10)12/h3-7,9H,8H2,1-2H3,(H,18,19). The van der Waals surface area contributed by atoms with Gasteiger partial charge in [0.15, 0.2) is 0 Å². The van der Waals surface area contributed by atoms with Crippen LogP contribution in [0.2, 0.25) is 0 Å². The molecule has 0 fully saturated rings. The van der Waals surface area contributed by atoms with E-state index in [1.807, 2.05) is 0 Å². The molecule has 0 atom stereocenters. The Bertz CT molecular complexity index is 650. The molecule has 0 aromatic carbocycles. The Morgan fingerprint density at radius 2 is 2.05 bits per heavy atom. The van der Waals surface area contributed by atoms with Crippen molar-refractivity contribution in [1.82, 2.24) is 14.9 Å². The molecule has 1 amide bonds. The molecule has 1 N–H and O–H groups in total. The monoisotopic (exact) mass is 273 g/mol. The Labute approximate surface area is 116 Å². The number of carbonyl (C=O) groups is 2. The van der Waals surface area contributed by atoms with E-state index in [1.165, 1.54) is 11.1 Å². The van der Waals surface area contributed by atoms with Gasteiger partial charge in [0.25, 0.3) is 5.91 Å². The zero-order chi connectivity index (χ0) is 14.7. The number of pyridine rings is 2. The number of rotatable bonds is 4. The summed E-state index contributed by atoms with van der Waals surface area (Å²) in [5.74, 6) is -1.37. The highest BCUT2D eigenvalue weighted by atomic mass is 16.4. The van der Waals surface area contributed by atoms with E-state index in [4.69, 9.17) is 5.11 Å². The fourth-order valence-electron chi connectivity index (χ4n) is 1.96. The van der Waals surface area contributed by atoms with E-state index in [2.05, 4.69) is 9.97 Å². The van der Waals surface area contributed by atoms with E-state index in [9.17, 15) is 9.59 Å². The first-order valence-corrected chi connectivity index (χ1v) is 6.22. The lowest BCUT2D eigenvalue weighted by atomic mass is 10.1. The van der Waals surface area contributed by atoms with Crippen molar-refractivity contribution in [2.45, 2.75) is 19.9 Å². The van der Waals surface area contributed by atoms with Crippen molar-refractivity contribution in [2.24, 2.45) is 0 Å². The van der Waals surface area contributed by atoms with Crippen LogP contribution in [0.4, 0.5) is 0 Å². The van der Waals surface area contributed by atoms with Crippen LogP contribution in [0.1, 0.15) is 24.2 Å². The van der Waals surface area contributed by atoms with Crippen LogP contribution in [0.5, 0.6) is 0 Å². The molecule has 0 bridgehead atoms. The number of nitrogens with zero attached hydrogens (tertiary/aromatic N) is 3. The van der Waals surface area contributed by atoms with Gasteiger partial charge in [-0.05, 0) is 26.0 Å². The molecule has 0 unspecified atom stereocenters. The van der Waals surface area contributed by atoms with Gasteiger partial charge in [-0.2, -0.15) is 0 Å². The highest BCUT2D eigenvalue weighted by Gasteiger charge is 2.22. The maximum atomic E-state index is 12.5. The molecule has 2 aromatic rings. The lowest BCUT2D eigenvalue weighted by Gasteiger charge is -2.25. The topological polar surface area (TPSA) is 83.4 Å². The quantitative estimate of drug-likeness (QED) is 0.914. The molecule has 20 heavy (non-hydrogen) atoms. The van der Waals surface area contributed by atoms with Gasteiger partial charge in [-0.15, -0.1) is 0 Å². The molecule has 6 heteroatoms. The molecule has 0 aliphatic heterocycles. The number of carboxylic acid groups (broad SMARTS) is 1. The summed E-state index contributed by atoms with van der Waals surface area (Å²) in [5, 5.41) is 9.54. The third kappa shape index (κ3) is 2.74. The first-order valence-electron chi connectivity index (χ1n) is 6.22. The summed E-state index contributed by atoms with van der Waals surface area (Å²) in [5.41, 5.74) is 1.07. The van der Waals surface area contributed by atoms with Crippen molar-refractivity contribution in [3.8, 4) is 0 Å². The minimum Gasteiger partial charge on any atom is -0.480 e. The largest absolute Gasteiger partial charge is 0.480 e. The average Bonchev–Trinajstić information content (AvgIpc) is 2.43. The average molecular weight is 273 g/mol. The maximum absolute atomic E-state index is 12.5. The second kappa shape index (κ2) is 5.64. The van der Waals surface area contributed by atoms with Gasteiger partial charge in [-0.1, -0.05) is 0 Å². The fraction of sp³-hybridized carbons (Fsp3) is 0.286. The van der Waals surface area contributed by atoms with Crippen molar-refractivity contribution < 1.29 is 14.7 Å². The van der Waals surface area contributed by atoms with E-state index < -0.39 is 5.97 Å². The molecular formula is C14H15N3O3. The fourth-order valence-corrected chi connectivity index (χ4v) is 1.96. The van der Waals surface area contributed by atoms with Crippen LogP contribution in [0.15, 0.2) is 30.7 Å². The summed E-state index contributed by atoms with van der Waals surface area (Å²) in [6.45, 7) is 3.23. The Hall–Kier alpha value is -2.50. The number of hydrogen-bond donors (Lipinski definition) is 1. The molecule has 2 heterocycles. The summed E-state index contributed by atoms with van der Waals surface area (Å²) < 4.78 is 0. The Morgan fingerprint density at radius 1 is 1.30 bits per heavy atom. The number of carboxylic acids is 1. The van der Waals surface area contributed by atoms with Gasteiger partial charge in [0, 0.05) is 30.0 Å². The van der Waals surface area contributed by atoms with Crippen LogP contribution in [-0.4, -0.2) is 44.4 Å². The van der Waals surface area contributed by atoms with Crippen LogP contribution in [-0.2, 0) is 4.79 Å². The second-order valence-corrected chi connectivity index (χ2v) is 4.67. The van der Waals surface area contributed by atoms with Crippen molar-refractivity contribution in [2.75, 3.05) is 6.54 Å². The predicted molar refractivity (Wildman–Crippen MR) is 73.3 cm³/mol. The van der Waals surface area contributed by atoms with Crippen molar-refractivity contribution >= 4 is 22.8 Å². The van der Waals surface area contributed by atoms with Gasteiger partial charge in [0.2, 0.25) is 0 Å². The first-order chi connectivity index (χ1) is 9.50. The first kappa shape index (κ1) is 13.9. The zero-order valence-electron chi connectivity index (χ0n) is 11.3. The summed E-state index contributed by atoms with van der Waals surface area (Å²) in [7, 11) is 0. The Kier molecular flexibility index (Phi) is 3.93. The molecular weight excluding hydrogens is 258 g/mol. The molecule has 6 nitrogen and oxygen atoms in total. The lowest BCUT2D eigenvalue weighted by molar-refractivity contribution is -0.138. The number of amides is 1. The van der Waals surface area contributed by atoms with Crippen LogP contribution < -0.4 is 0 Å². The third-order valence-corrected chi connectivity index (χ3v) is 2.96. The summed E-state index contributed by atoms with van der Waals surface area (Å²) in [6.07, 6.45) is 4.70. The summed E-state index contributed by atoms with van der Waals surface area (Å²) >= 11 is 0.